The summed E-state index contributed by atoms with van der Waals surface area (Å²) >= 11 is 0. The van der Waals surface area contributed by atoms with Crippen LogP contribution in [0.3, 0.4) is 0 Å². The molecule has 2 aliphatic heterocycles. The molecule has 9 heteroatoms. The van der Waals surface area contributed by atoms with Crippen molar-refractivity contribution in [3.05, 3.63) is 65.3 Å². The highest BCUT2D eigenvalue weighted by Crippen LogP contribution is 2.28. The molecule has 5 rings (SSSR count). The summed E-state index contributed by atoms with van der Waals surface area (Å²) in [4.78, 5) is 33.3. The SMILES string of the molecule is CN1CCc2ccc(NC(=O)N3CCCC(c4nc(-c5ccc(F)cc5)no4)C3)cc2C1=O. The smallest absolute Gasteiger partial charge is 0.321 e. The normalized spacial score (nSPS) is 18.2. The number of nitrogens with zero attached hydrogens (tertiary/aromatic N) is 4. The number of aromatic nitrogens is 2. The number of halogens is 1. The Morgan fingerprint density at radius 3 is 2.82 bits per heavy atom. The second kappa shape index (κ2) is 8.65. The van der Waals surface area contributed by atoms with Crippen molar-refractivity contribution < 1.29 is 18.5 Å². The van der Waals surface area contributed by atoms with Crippen LogP contribution in [0, 0.1) is 5.82 Å². The summed E-state index contributed by atoms with van der Waals surface area (Å²) in [7, 11) is 1.78. The predicted molar refractivity (Wildman–Crippen MR) is 119 cm³/mol. The number of fused-ring (bicyclic) bond motifs is 1. The molecule has 1 aromatic heterocycles. The van der Waals surface area contributed by atoms with Gasteiger partial charge in [-0.05, 0) is 61.2 Å². The van der Waals surface area contributed by atoms with Gasteiger partial charge in [0.1, 0.15) is 5.82 Å². The Morgan fingerprint density at radius 2 is 2.00 bits per heavy atom. The van der Waals surface area contributed by atoms with Gasteiger partial charge in [-0.15, -0.1) is 0 Å². The number of carbonyl (C=O) groups excluding carboxylic acids is 2. The van der Waals surface area contributed by atoms with Crippen molar-refractivity contribution in [2.45, 2.75) is 25.2 Å². The van der Waals surface area contributed by atoms with Crippen LogP contribution < -0.4 is 5.32 Å². The van der Waals surface area contributed by atoms with E-state index in [9.17, 15) is 14.0 Å². The minimum Gasteiger partial charge on any atom is -0.341 e. The Hall–Kier alpha value is -3.75. The van der Waals surface area contributed by atoms with E-state index in [1.54, 1.807) is 35.0 Å². The van der Waals surface area contributed by atoms with Gasteiger partial charge in [0.15, 0.2) is 0 Å². The van der Waals surface area contributed by atoms with Gasteiger partial charge in [-0.1, -0.05) is 11.2 Å². The lowest BCUT2D eigenvalue weighted by Crippen LogP contribution is -2.41. The monoisotopic (exact) mass is 449 g/mol. The first-order valence-corrected chi connectivity index (χ1v) is 11.0. The van der Waals surface area contributed by atoms with E-state index in [0.717, 1.165) is 24.8 Å². The summed E-state index contributed by atoms with van der Waals surface area (Å²) in [5.74, 6) is 0.430. The molecular weight excluding hydrogens is 425 g/mol. The third-order valence-electron chi connectivity index (χ3n) is 6.26. The molecule has 1 N–H and O–H groups in total. The maximum Gasteiger partial charge on any atom is 0.321 e. The van der Waals surface area contributed by atoms with E-state index in [0.29, 0.717) is 48.2 Å². The molecule has 170 valence electrons. The molecule has 0 saturated carbocycles. The highest BCUT2D eigenvalue weighted by atomic mass is 19.1. The number of carbonyl (C=O) groups is 2. The number of nitrogens with one attached hydrogen (secondary N) is 1. The van der Waals surface area contributed by atoms with Gasteiger partial charge in [0.05, 0.1) is 5.92 Å². The molecule has 1 saturated heterocycles. The van der Waals surface area contributed by atoms with Crippen molar-refractivity contribution in [2.24, 2.45) is 0 Å². The first-order valence-electron chi connectivity index (χ1n) is 11.0. The highest BCUT2D eigenvalue weighted by molar-refractivity contribution is 5.99. The van der Waals surface area contributed by atoms with E-state index in [1.165, 1.54) is 12.1 Å². The molecule has 0 bridgehead atoms. The Kier molecular flexibility index (Phi) is 5.53. The molecule has 3 heterocycles. The van der Waals surface area contributed by atoms with E-state index >= 15 is 0 Å². The highest BCUT2D eigenvalue weighted by Gasteiger charge is 2.29. The minimum atomic E-state index is -0.327. The second-order valence-electron chi connectivity index (χ2n) is 8.53. The third kappa shape index (κ3) is 4.30. The molecule has 3 aromatic rings. The lowest BCUT2D eigenvalue weighted by atomic mass is 9.98. The summed E-state index contributed by atoms with van der Waals surface area (Å²) in [6.07, 6.45) is 2.44. The minimum absolute atomic E-state index is 0.0289. The first-order chi connectivity index (χ1) is 16.0. The second-order valence-corrected chi connectivity index (χ2v) is 8.53. The zero-order chi connectivity index (χ0) is 22.9. The topological polar surface area (TPSA) is 91.6 Å². The fourth-order valence-corrected chi connectivity index (χ4v) is 4.35. The Balaban J connectivity index is 1.26. The molecule has 0 radical (unpaired) electrons. The van der Waals surface area contributed by atoms with Crippen molar-refractivity contribution in [1.29, 1.82) is 0 Å². The van der Waals surface area contributed by atoms with Gasteiger partial charge in [0.2, 0.25) is 11.7 Å². The van der Waals surface area contributed by atoms with Crippen molar-refractivity contribution in [3.8, 4) is 11.4 Å². The van der Waals surface area contributed by atoms with Crippen LogP contribution in [0.5, 0.6) is 0 Å². The Bertz CT molecular complexity index is 1190. The van der Waals surface area contributed by atoms with Crippen LogP contribution in [-0.4, -0.2) is 58.6 Å². The van der Waals surface area contributed by atoms with Crippen LogP contribution in [0.25, 0.3) is 11.4 Å². The quantitative estimate of drug-likeness (QED) is 0.655. The van der Waals surface area contributed by atoms with Crippen LogP contribution in [0.2, 0.25) is 0 Å². The molecule has 1 unspecified atom stereocenters. The van der Waals surface area contributed by atoms with E-state index in [4.69, 9.17) is 4.52 Å². The van der Waals surface area contributed by atoms with E-state index in [-0.39, 0.29) is 23.7 Å². The van der Waals surface area contributed by atoms with Gasteiger partial charge in [-0.3, -0.25) is 4.79 Å². The molecule has 8 nitrogen and oxygen atoms in total. The van der Waals surface area contributed by atoms with Gasteiger partial charge in [-0.2, -0.15) is 4.98 Å². The van der Waals surface area contributed by atoms with E-state index in [2.05, 4.69) is 15.5 Å². The molecule has 1 fully saturated rings. The van der Waals surface area contributed by atoms with Gasteiger partial charge in [0.25, 0.3) is 5.91 Å². The largest absolute Gasteiger partial charge is 0.341 e. The molecule has 3 amide bonds. The average molecular weight is 449 g/mol. The van der Waals surface area contributed by atoms with Crippen molar-refractivity contribution in [2.75, 3.05) is 32.0 Å². The van der Waals surface area contributed by atoms with Gasteiger partial charge < -0.3 is 19.6 Å². The van der Waals surface area contributed by atoms with Crippen molar-refractivity contribution in [3.63, 3.8) is 0 Å². The van der Waals surface area contributed by atoms with Crippen molar-refractivity contribution >= 4 is 17.6 Å². The first kappa shape index (κ1) is 21.1. The standard InChI is InChI=1S/C24H24FN5O3/c1-29-12-10-15-6-9-19(13-20(15)23(29)31)26-24(32)30-11-2-3-17(14-30)22-27-21(28-33-22)16-4-7-18(25)8-5-16/h4-9,13,17H,2-3,10-12,14H2,1H3,(H,26,32). The molecule has 2 aromatic carbocycles. The average Bonchev–Trinajstić information content (AvgIpc) is 3.33. The van der Waals surface area contributed by atoms with Crippen LogP contribution in [0.4, 0.5) is 14.9 Å². The summed E-state index contributed by atoms with van der Waals surface area (Å²) in [5, 5.41) is 6.94. The number of amides is 3. The summed E-state index contributed by atoms with van der Waals surface area (Å²) in [6, 6.07) is 11.2. The fraction of sp³-hybridized carbons (Fsp3) is 0.333. The van der Waals surface area contributed by atoms with Crippen LogP contribution in [0.1, 0.15) is 40.6 Å². The number of rotatable bonds is 3. The number of urea groups is 1. The fourth-order valence-electron chi connectivity index (χ4n) is 4.35. The van der Waals surface area contributed by atoms with Crippen LogP contribution >= 0.6 is 0 Å². The molecule has 0 spiro atoms. The summed E-state index contributed by atoms with van der Waals surface area (Å²) < 4.78 is 18.6. The Labute approximate surface area is 190 Å². The number of hydrogen-bond donors (Lipinski definition) is 1. The summed E-state index contributed by atoms with van der Waals surface area (Å²) in [5.41, 5.74) is 2.91. The molecular formula is C24H24FN5O3. The number of anilines is 1. The number of piperidine rings is 1. The molecule has 33 heavy (non-hydrogen) atoms. The maximum absolute atomic E-state index is 13.2. The van der Waals surface area contributed by atoms with Crippen molar-refractivity contribution in [1.82, 2.24) is 19.9 Å². The van der Waals surface area contributed by atoms with E-state index < -0.39 is 0 Å². The lowest BCUT2D eigenvalue weighted by Gasteiger charge is -2.31. The number of benzene rings is 2. The zero-order valence-corrected chi connectivity index (χ0v) is 18.3. The molecule has 0 aliphatic carbocycles. The maximum atomic E-state index is 13.2. The third-order valence-corrected chi connectivity index (χ3v) is 6.26. The van der Waals surface area contributed by atoms with E-state index in [1.807, 2.05) is 12.1 Å². The predicted octanol–water partition coefficient (Wildman–Crippen LogP) is 3.92. The number of hydrogen-bond acceptors (Lipinski definition) is 5. The number of likely N-dealkylation sites (N-methyl/N-ethyl adjacent to an activating group) is 1. The van der Waals surface area contributed by atoms with Gasteiger partial charge in [-0.25, -0.2) is 9.18 Å². The lowest BCUT2D eigenvalue weighted by molar-refractivity contribution is 0.0781. The molecule has 1 atom stereocenters. The Morgan fingerprint density at radius 1 is 1.18 bits per heavy atom. The van der Waals surface area contributed by atoms with Gasteiger partial charge in [0, 0.05) is 43.5 Å². The molecule has 2 aliphatic rings. The van der Waals surface area contributed by atoms with Gasteiger partial charge >= 0.3 is 6.03 Å². The number of likely N-dealkylation sites (tertiary alicyclic amines) is 1. The van der Waals surface area contributed by atoms with Crippen LogP contribution in [0.15, 0.2) is 47.0 Å². The summed E-state index contributed by atoms with van der Waals surface area (Å²) in [6.45, 7) is 1.77. The zero-order valence-electron chi connectivity index (χ0n) is 18.3. The van der Waals surface area contributed by atoms with Crippen LogP contribution in [-0.2, 0) is 6.42 Å².